The number of amides is 2. The zero-order valence-corrected chi connectivity index (χ0v) is 18.3. The largest absolute Gasteiger partial charge is 0.357 e. The molecule has 2 N–H and O–H groups in total. The minimum atomic E-state index is -0.0660. The highest BCUT2D eigenvalue weighted by molar-refractivity contribution is 14.0. The highest BCUT2D eigenvalue weighted by Crippen LogP contribution is 2.11. The number of carbonyl (C=O) groups is 2. The van der Waals surface area contributed by atoms with E-state index in [1.807, 2.05) is 6.92 Å². The van der Waals surface area contributed by atoms with Crippen molar-refractivity contribution in [2.75, 3.05) is 19.6 Å². The van der Waals surface area contributed by atoms with Gasteiger partial charge in [-0.15, -0.1) is 24.0 Å². The minimum Gasteiger partial charge on any atom is -0.357 e. The van der Waals surface area contributed by atoms with Gasteiger partial charge in [0.15, 0.2) is 5.96 Å². The van der Waals surface area contributed by atoms with E-state index in [4.69, 9.17) is 0 Å². The monoisotopic (exact) mass is 466 g/mol. The second-order valence-electron chi connectivity index (χ2n) is 6.45. The normalized spacial score (nSPS) is 16.4. The van der Waals surface area contributed by atoms with Crippen molar-refractivity contribution < 1.29 is 9.59 Å². The van der Waals surface area contributed by atoms with Crippen LogP contribution in [0.1, 0.15) is 72.1 Å². The summed E-state index contributed by atoms with van der Waals surface area (Å²) in [6, 6.07) is 0.359. The van der Waals surface area contributed by atoms with Gasteiger partial charge in [0, 0.05) is 32.0 Å². The first-order valence-electron chi connectivity index (χ1n) is 9.46. The molecule has 146 valence electrons. The third kappa shape index (κ3) is 10.0. The quantitative estimate of drug-likeness (QED) is 0.171. The lowest BCUT2D eigenvalue weighted by Gasteiger charge is -2.24. The van der Waals surface area contributed by atoms with Crippen LogP contribution in [-0.4, -0.2) is 48.3 Å². The molecule has 2 amide bonds. The highest BCUT2D eigenvalue weighted by Gasteiger charge is 2.25. The van der Waals surface area contributed by atoms with Crippen molar-refractivity contribution in [1.82, 2.24) is 15.5 Å². The fourth-order valence-electron chi connectivity index (χ4n) is 2.81. The molecule has 1 heterocycles. The van der Waals surface area contributed by atoms with Gasteiger partial charge in [0.05, 0.1) is 6.54 Å². The third-order valence-electron chi connectivity index (χ3n) is 4.19. The number of rotatable bonds is 10. The van der Waals surface area contributed by atoms with Crippen molar-refractivity contribution in [3.63, 3.8) is 0 Å². The molecule has 0 saturated carbocycles. The summed E-state index contributed by atoms with van der Waals surface area (Å²) < 4.78 is 0. The maximum Gasteiger partial charge on any atom is 0.229 e. The first-order valence-corrected chi connectivity index (χ1v) is 9.46. The molecule has 1 atom stereocenters. The topological polar surface area (TPSA) is 73.8 Å². The van der Waals surface area contributed by atoms with Gasteiger partial charge in [0.25, 0.3) is 0 Å². The Morgan fingerprint density at radius 3 is 2.44 bits per heavy atom. The molecule has 0 aromatic rings. The Kier molecular flexibility index (Phi) is 13.8. The molecule has 1 saturated heterocycles. The van der Waals surface area contributed by atoms with E-state index in [-0.39, 0.29) is 35.8 Å². The van der Waals surface area contributed by atoms with Crippen molar-refractivity contribution in [3.8, 4) is 0 Å². The van der Waals surface area contributed by atoms with Crippen LogP contribution in [0.25, 0.3) is 0 Å². The van der Waals surface area contributed by atoms with Crippen LogP contribution in [0.4, 0.5) is 0 Å². The van der Waals surface area contributed by atoms with E-state index in [0.29, 0.717) is 38.4 Å². The zero-order chi connectivity index (χ0) is 17.8. The molecule has 1 aliphatic heterocycles. The lowest BCUT2D eigenvalue weighted by atomic mass is 10.1. The number of aliphatic imine (C=N–C) groups is 1. The lowest BCUT2D eigenvalue weighted by Crippen LogP contribution is -2.44. The van der Waals surface area contributed by atoms with Crippen LogP contribution in [-0.2, 0) is 9.59 Å². The molecule has 0 aromatic heterocycles. The van der Waals surface area contributed by atoms with Crippen LogP contribution in [0.2, 0.25) is 0 Å². The number of guanidine groups is 1. The number of likely N-dealkylation sites (tertiary alicyclic amines) is 1. The van der Waals surface area contributed by atoms with E-state index >= 15 is 0 Å². The average molecular weight is 466 g/mol. The first-order chi connectivity index (χ1) is 11.6. The average Bonchev–Trinajstić information content (AvgIpc) is 2.54. The summed E-state index contributed by atoms with van der Waals surface area (Å²) in [5.74, 6) is 0.629. The van der Waals surface area contributed by atoms with Gasteiger partial charge in [-0.2, -0.15) is 0 Å². The molecule has 7 heteroatoms. The van der Waals surface area contributed by atoms with Gasteiger partial charge in [-0.3, -0.25) is 19.5 Å². The van der Waals surface area contributed by atoms with Crippen LogP contribution >= 0.6 is 24.0 Å². The van der Waals surface area contributed by atoms with E-state index < -0.39 is 0 Å². The molecular weight excluding hydrogens is 431 g/mol. The number of piperidine rings is 1. The van der Waals surface area contributed by atoms with Crippen molar-refractivity contribution in [1.29, 1.82) is 0 Å². The summed E-state index contributed by atoms with van der Waals surface area (Å²) in [4.78, 5) is 29.4. The summed E-state index contributed by atoms with van der Waals surface area (Å²) >= 11 is 0. The summed E-state index contributed by atoms with van der Waals surface area (Å²) in [7, 11) is 0. The van der Waals surface area contributed by atoms with Gasteiger partial charge in [-0.1, -0.05) is 32.6 Å². The van der Waals surface area contributed by atoms with Gasteiger partial charge < -0.3 is 10.6 Å². The fraction of sp³-hybridized carbons (Fsp3) is 0.833. The van der Waals surface area contributed by atoms with E-state index in [9.17, 15) is 9.59 Å². The highest BCUT2D eigenvalue weighted by atomic mass is 127. The van der Waals surface area contributed by atoms with Crippen LogP contribution in [0.15, 0.2) is 4.99 Å². The standard InChI is InChI=1S/C18H34N4O2.HI/c1-4-6-7-8-10-15(3)21-18(19-5-2)20-13-14-22-16(23)11-9-12-17(22)24;/h15H,4-14H2,1-3H3,(H2,19,20,21);1H. The molecule has 1 unspecified atom stereocenters. The Labute approximate surface area is 169 Å². The van der Waals surface area contributed by atoms with Gasteiger partial charge in [-0.05, 0) is 26.7 Å². The maximum atomic E-state index is 11.8. The Bertz CT molecular complexity index is 413. The Hall–Kier alpha value is -0.860. The smallest absolute Gasteiger partial charge is 0.229 e. The number of nitrogens with one attached hydrogen (secondary N) is 2. The molecule has 1 aliphatic rings. The van der Waals surface area contributed by atoms with E-state index in [1.54, 1.807) is 0 Å². The summed E-state index contributed by atoms with van der Waals surface area (Å²) in [5.41, 5.74) is 0. The van der Waals surface area contributed by atoms with Gasteiger partial charge in [0.2, 0.25) is 11.8 Å². The molecule has 0 radical (unpaired) electrons. The van der Waals surface area contributed by atoms with Crippen LogP contribution < -0.4 is 10.6 Å². The van der Waals surface area contributed by atoms with E-state index in [0.717, 1.165) is 18.9 Å². The molecule has 1 fully saturated rings. The molecule has 0 spiro atoms. The predicted molar refractivity (Wildman–Crippen MR) is 113 cm³/mol. The van der Waals surface area contributed by atoms with Crippen LogP contribution in [0.3, 0.4) is 0 Å². The summed E-state index contributed by atoms with van der Waals surface area (Å²) in [6.07, 6.45) is 7.78. The molecule has 0 aromatic carbocycles. The minimum absolute atomic E-state index is 0. The molecule has 0 aliphatic carbocycles. The van der Waals surface area contributed by atoms with Crippen molar-refractivity contribution in [2.24, 2.45) is 4.99 Å². The van der Waals surface area contributed by atoms with Gasteiger partial charge in [-0.25, -0.2) is 0 Å². The molecular formula is C18H35IN4O2. The second-order valence-corrected chi connectivity index (χ2v) is 6.45. The van der Waals surface area contributed by atoms with E-state index in [2.05, 4.69) is 29.5 Å². The van der Waals surface area contributed by atoms with Crippen molar-refractivity contribution in [2.45, 2.75) is 78.2 Å². The van der Waals surface area contributed by atoms with Crippen LogP contribution in [0.5, 0.6) is 0 Å². The number of halogens is 1. The maximum absolute atomic E-state index is 11.8. The van der Waals surface area contributed by atoms with Crippen molar-refractivity contribution in [3.05, 3.63) is 0 Å². The van der Waals surface area contributed by atoms with Gasteiger partial charge in [0.1, 0.15) is 0 Å². The fourth-order valence-corrected chi connectivity index (χ4v) is 2.81. The number of unbranched alkanes of at least 4 members (excludes halogenated alkanes) is 3. The summed E-state index contributed by atoms with van der Waals surface area (Å²) in [6.45, 7) is 8.01. The number of imide groups is 1. The first kappa shape index (κ1) is 24.1. The van der Waals surface area contributed by atoms with E-state index in [1.165, 1.54) is 30.6 Å². The Morgan fingerprint density at radius 1 is 1.16 bits per heavy atom. The Morgan fingerprint density at radius 2 is 1.84 bits per heavy atom. The van der Waals surface area contributed by atoms with Gasteiger partial charge >= 0.3 is 0 Å². The number of hydrogen-bond donors (Lipinski definition) is 2. The Balaban J connectivity index is 0.00000576. The zero-order valence-electron chi connectivity index (χ0n) is 16.0. The molecule has 0 bridgehead atoms. The molecule has 6 nitrogen and oxygen atoms in total. The van der Waals surface area contributed by atoms with Crippen molar-refractivity contribution >= 4 is 41.8 Å². The molecule has 25 heavy (non-hydrogen) atoms. The van der Waals surface area contributed by atoms with Crippen LogP contribution in [0, 0.1) is 0 Å². The SMILES string of the molecule is CCCCCCC(C)NC(=NCCN1C(=O)CCCC1=O)NCC.I. The lowest BCUT2D eigenvalue weighted by molar-refractivity contribution is -0.147. The summed E-state index contributed by atoms with van der Waals surface area (Å²) in [5, 5.41) is 6.63. The predicted octanol–water partition coefficient (Wildman–Crippen LogP) is 3.06. The third-order valence-corrected chi connectivity index (χ3v) is 4.19. The number of carbonyl (C=O) groups excluding carboxylic acids is 2. The number of hydrogen-bond acceptors (Lipinski definition) is 3. The molecule has 1 rings (SSSR count). The number of nitrogens with zero attached hydrogens (tertiary/aromatic N) is 2. The second kappa shape index (κ2) is 14.3.